The highest BCUT2D eigenvalue weighted by atomic mass is 32.2. The van der Waals surface area contributed by atoms with E-state index in [1.165, 1.54) is 11.8 Å². The summed E-state index contributed by atoms with van der Waals surface area (Å²) in [4.78, 5) is 15.1. The van der Waals surface area contributed by atoms with E-state index in [9.17, 15) is 4.79 Å². The molecule has 1 amide bonds. The van der Waals surface area contributed by atoms with Crippen molar-refractivity contribution in [3.63, 3.8) is 0 Å². The van der Waals surface area contributed by atoms with Gasteiger partial charge in [0.05, 0.1) is 24.5 Å². The van der Waals surface area contributed by atoms with Gasteiger partial charge in [-0.2, -0.15) is 0 Å². The van der Waals surface area contributed by atoms with Gasteiger partial charge < -0.3 is 23.7 Å². The number of amides is 1. The van der Waals surface area contributed by atoms with E-state index in [-0.39, 0.29) is 11.9 Å². The number of ether oxygens (including phenoxy) is 3. The molecule has 2 aromatic carbocycles. The highest BCUT2D eigenvalue weighted by molar-refractivity contribution is 7.99. The fraction of sp³-hybridized carbons (Fsp3) is 0.375. The first-order chi connectivity index (χ1) is 16.2. The third kappa shape index (κ3) is 4.25. The predicted molar refractivity (Wildman–Crippen MR) is 125 cm³/mol. The number of nitrogens with zero attached hydrogens (tertiary/aromatic N) is 4. The lowest BCUT2D eigenvalue weighted by Crippen LogP contribution is -2.32. The van der Waals surface area contributed by atoms with Gasteiger partial charge in [0.1, 0.15) is 19.0 Å². The monoisotopic (exact) mass is 466 g/mol. The fourth-order valence-electron chi connectivity index (χ4n) is 4.39. The molecule has 8 nitrogen and oxygen atoms in total. The standard InChI is InChI=1S/C24H26N4O4S/c1-27-23(17-6-3-4-8-19(17)30-2)25-26-24(27)33-15-22(29)28-11-5-7-18(28)16-9-10-20-21(14-16)32-13-12-31-20/h3-4,6,8-10,14,18H,5,7,11-13,15H2,1-2H3. The molecule has 0 N–H and O–H groups in total. The zero-order valence-corrected chi connectivity index (χ0v) is 19.5. The molecule has 0 aliphatic carbocycles. The van der Waals surface area contributed by atoms with Gasteiger partial charge in [0.15, 0.2) is 22.5 Å². The number of rotatable bonds is 6. The lowest BCUT2D eigenvalue weighted by Gasteiger charge is -2.26. The third-order valence-electron chi connectivity index (χ3n) is 6.03. The molecule has 1 aromatic heterocycles. The Balaban J connectivity index is 1.28. The van der Waals surface area contributed by atoms with Crippen molar-refractivity contribution in [2.75, 3.05) is 32.6 Å². The molecule has 0 spiro atoms. The summed E-state index contributed by atoms with van der Waals surface area (Å²) in [5, 5.41) is 9.34. The number of para-hydroxylation sites is 1. The molecule has 0 saturated carbocycles. The van der Waals surface area contributed by atoms with E-state index >= 15 is 0 Å². The Labute approximate surface area is 196 Å². The number of likely N-dealkylation sites (tertiary alicyclic amines) is 1. The largest absolute Gasteiger partial charge is 0.496 e. The Morgan fingerprint density at radius 3 is 2.82 bits per heavy atom. The summed E-state index contributed by atoms with van der Waals surface area (Å²) in [6.45, 7) is 1.87. The molecule has 172 valence electrons. The first-order valence-corrected chi connectivity index (χ1v) is 12.0. The van der Waals surface area contributed by atoms with Crippen molar-refractivity contribution in [2.24, 2.45) is 7.05 Å². The Morgan fingerprint density at radius 2 is 1.97 bits per heavy atom. The van der Waals surface area contributed by atoms with E-state index in [1.54, 1.807) is 7.11 Å². The molecule has 0 radical (unpaired) electrons. The summed E-state index contributed by atoms with van der Waals surface area (Å²) in [6.07, 6.45) is 1.93. The van der Waals surface area contributed by atoms with Gasteiger partial charge in [0.2, 0.25) is 5.91 Å². The minimum atomic E-state index is 0.0533. The van der Waals surface area contributed by atoms with Gasteiger partial charge >= 0.3 is 0 Å². The van der Waals surface area contributed by atoms with E-state index < -0.39 is 0 Å². The molecule has 0 bridgehead atoms. The molecular weight excluding hydrogens is 440 g/mol. The van der Waals surface area contributed by atoms with Crippen LogP contribution in [0.1, 0.15) is 24.4 Å². The van der Waals surface area contributed by atoms with Gasteiger partial charge in [-0.15, -0.1) is 10.2 Å². The molecule has 33 heavy (non-hydrogen) atoms. The second kappa shape index (κ2) is 9.35. The van der Waals surface area contributed by atoms with Crippen LogP contribution in [0.25, 0.3) is 11.4 Å². The highest BCUT2D eigenvalue weighted by Gasteiger charge is 2.31. The predicted octanol–water partition coefficient (Wildman–Crippen LogP) is 3.72. The van der Waals surface area contributed by atoms with Crippen molar-refractivity contribution >= 4 is 17.7 Å². The number of hydrogen-bond acceptors (Lipinski definition) is 7. The van der Waals surface area contributed by atoms with E-state index in [0.29, 0.717) is 29.9 Å². The first-order valence-electron chi connectivity index (χ1n) is 11.0. The van der Waals surface area contributed by atoms with Gasteiger partial charge in [-0.25, -0.2) is 0 Å². The minimum absolute atomic E-state index is 0.0533. The Bertz CT molecular complexity index is 1170. The van der Waals surface area contributed by atoms with Gasteiger partial charge in [-0.3, -0.25) is 4.79 Å². The summed E-state index contributed by atoms with van der Waals surface area (Å²) >= 11 is 1.40. The Hall–Kier alpha value is -3.20. The van der Waals surface area contributed by atoms with Gasteiger partial charge in [0, 0.05) is 13.6 Å². The summed E-state index contributed by atoms with van der Waals surface area (Å²) in [5.74, 6) is 3.37. The summed E-state index contributed by atoms with van der Waals surface area (Å²) in [6, 6.07) is 13.8. The molecule has 1 saturated heterocycles. The summed E-state index contributed by atoms with van der Waals surface area (Å²) in [5.41, 5.74) is 1.96. The second-order valence-corrected chi connectivity index (χ2v) is 8.94. The van der Waals surface area contributed by atoms with E-state index in [2.05, 4.69) is 10.2 Å². The van der Waals surface area contributed by atoms with Crippen LogP contribution in [0.5, 0.6) is 17.2 Å². The Kier molecular flexibility index (Phi) is 6.13. The summed E-state index contributed by atoms with van der Waals surface area (Å²) < 4.78 is 18.7. The Morgan fingerprint density at radius 1 is 1.15 bits per heavy atom. The second-order valence-electron chi connectivity index (χ2n) is 8.00. The molecule has 2 aliphatic rings. The fourth-order valence-corrected chi connectivity index (χ4v) is 5.19. The summed E-state index contributed by atoms with van der Waals surface area (Å²) in [7, 11) is 3.54. The third-order valence-corrected chi connectivity index (χ3v) is 7.04. The van der Waals surface area contributed by atoms with Crippen LogP contribution in [0.3, 0.4) is 0 Å². The molecule has 3 heterocycles. The molecule has 9 heteroatoms. The van der Waals surface area contributed by atoms with Crippen LogP contribution >= 0.6 is 11.8 Å². The van der Waals surface area contributed by atoms with Crippen molar-refractivity contribution in [1.82, 2.24) is 19.7 Å². The minimum Gasteiger partial charge on any atom is -0.496 e. The number of thioether (sulfide) groups is 1. The molecular formula is C24H26N4O4S. The quantitative estimate of drug-likeness (QED) is 0.513. The number of fused-ring (bicyclic) bond motifs is 1. The maximum Gasteiger partial charge on any atom is 0.233 e. The SMILES string of the molecule is COc1ccccc1-c1nnc(SCC(=O)N2CCCC2c2ccc3c(c2)OCCO3)n1C. The lowest BCUT2D eigenvalue weighted by molar-refractivity contribution is -0.129. The van der Waals surface area contributed by atoms with Crippen LogP contribution in [0.4, 0.5) is 0 Å². The molecule has 1 fully saturated rings. The number of aromatic nitrogens is 3. The molecule has 3 aromatic rings. The topological polar surface area (TPSA) is 78.7 Å². The molecule has 2 aliphatic heterocycles. The highest BCUT2D eigenvalue weighted by Crippen LogP contribution is 2.38. The number of carbonyl (C=O) groups is 1. The van der Waals surface area contributed by atoms with Crippen molar-refractivity contribution in [3.05, 3.63) is 48.0 Å². The number of hydrogen-bond donors (Lipinski definition) is 0. The molecule has 5 rings (SSSR count). The zero-order valence-electron chi connectivity index (χ0n) is 18.7. The molecule has 1 unspecified atom stereocenters. The van der Waals surface area contributed by atoms with Gasteiger partial charge in [-0.1, -0.05) is 30.0 Å². The zero-order chi connectivity index (χ0) is 22.8. The van der Waals surface area contributed by atoms with E-state index in [4.69, 9.17) is 14.2 Å². The lowest BCUT2D eigenvalue weighted by atomic mass is 10.0. The average Bonchev–Trinajstić information content (AvgIpc) is 3.49. The van der Waals surface area contributed by atoms with E-state index in [0.717, 1.165) is 47.8 Å². The van der Waals surface area contributed by atoms with Gasteiger partial charge in [0.25, 0.3) is 0 Å². The number of carbonyl (C=O) groups excluding carboxylic acids is 1. The molecule has 1 atom stereocenters. The number of benzene rings is 2. The van der Waals surface area contributed by atoms with Crippen LogP contribution in [0.2, 0.25) is 0 Å². The number of methoxy groups -OCH3 is 1. The van der Waals surface area contributed by atoms with Crippen molar-refractivity contribution in [3.8, 4) is 28.6 Å². The first kappa shape index (κ1) is 21.6. The average molecular weight is 467 g/mol. The van der Waals surface area contributed by atoms with Crippen LogP contribution in [0.15, 0.2) is 47.6 Å². The van der Waals surface area contributed by atoms with Gasteiger partial charge in [-0.05, 0) is 42.7 Å². The maximum atomic E-state index is 13.2. The smallest absolute Gasteiger partial charge is 0.233 e. The van der Waals surface area contributed by atoms with Crippen molar-refractivity contribution in [2.45, 2.75) is 24.0 Å². The normalized spacial score (nSPS) is 17.3. The van der Waals surface area contributed by atoms with Crippen molar-refractivity contribution in [1.29, 1.82) is 0 Å². The maximum absolute atomic E-state index is 13.2. The van der Waals surface area contributed by atoms with E-state index in [1.807, 2.05) is 59.0 Å². The van der Waals surface area contributed by atoms with Crippen LogP contribution < -0.4 is 14.2 Å². The van der Waals surface area contributed by atoms with Crippen molar-refractivity contribution < 1.29 is 19.0 Å². The van der Waals surface area contributed by atoms with Crippen LogP contribution in [-0.2, 0) is 11.8 Å². The van der Waals surface area contributed by atoms with Crippen LogP contribution in [-0.4, -0.2) is 58.2 Å². The van der Waals surface area contributed by atoms with Crippen LogP contribution in [0, 0.1) is 0 Å².